The number of hydrogen-bond acceptors (Lipinski definition) is 6. The molecule has 0 atom stereocenters. The predicted molar refractivity (Wildman–Crippen MR) is 112 cm³/mol. The number of nitrogens with one attached hydrogen (secondary N) is 1. The van der Waals surface area contributed by atoms with Crippen molar-refractivity contribution >= 4 is 67.0 Å². The maximum absolute atomic E-state index is 12.3. The van der Waals surface area contributed by atoms with Crippen LogP contribution in [0.3, 0.4) is 0 Å². The Hall–Kier alpha value is -1.90. The topological polar surface area (TPSA) is 98.0 Å². The molecule has 1 aromatic heterocycles. The Labute approximate surface area is 180 Å². The Morgan fingerprint density at radius 3 is 2.75 bits per heavy atom. The van der Waals surface area contributed by atoms with Crippen LogP contribution in [-0.2, 0) is 4.79 Å². The number of hydrogen-bond donors (Lipinski definition) is 1. The van der Waals surface area contributed by atoms with E-state index in [1.165, 1.54) is 23.9 Å². The first kappa shape index (κ1) is 20.8. The number of nitro groups is 1. The standard InChI is InChI=1S/C17H12Cl2N4O3SSe/c1-9-2-5-13(14(6-9)23(25)26)20-15(24)8-27-17-16(21-22-28-17)10-3-4-11(18)12(19)7-10/h2-7H,8H2,1H3,(H,20,24). The van der Waals surface area contributed by atoms with E-state index in [0.29, 0.717) is 15.7 Å². The van der Waals surface area contributed by atoms with E-state index >= 15 is 0 Å². The zero-order valence-electron chi connectivity index (χ0n) is 14.3. The van der Waals surface area contributed by atoms with E-state index in [1.807, 2.05) is 0 Å². The molecule has 1 heterocycles. The average molecular weight is 502 g/mol. The summed E-state index contributed by atoms with van der Waals surface area (Å²) in [5.41, 5.74) is 2.22. The van der Waals surface area contributed by atoms with Gasteiger partial charge in [-0.15, -0.1) is 0 Å². The van der Waals surface area contributed by atoms with Crippen LogP contribution in [0.4, 0.5) is 11.4 Å². The summed E-state index contributed by atoms with van der Waals surface area (Å²) in [5.74, 6) is -0.265. The van der Waals surface area contributed by atoms with Gasteiger partial charge >= 0.3 is 181 Å². The van der Waals surface area contributed by atoms with E-state index in [2.05, 4.69) is 14.5 Å². The molecule has 11 heteroatoms. The second-order valence-electron chi connectivity index (χ2n) is 5.65. The number of rotatable bonds is 6. The summed E-state index contributed by atoms with van der Waals surface area (Å²) < 4.78 is 4.95. The van der Waals surface area contributed by atoms with Gasteiger partial charge in [-0.05, 0) is 0 Å². The first-order valence-corrected chi connectivity index (χ1v) is 11.2. The molecule has 0 aliphatic rings. The number of carbonyl (C=O) groups is 1. The fraction of sp³-hybridized carbons (Fsp3) is 0.118. The van der Waals surface area contributed by atoms with Crippen molar-refractivity contribution in [1.29, 1.82) is 0 Å². The molecule has 0 saturated carbocycles. The summed E-state index contributed by atoms with van der Waals surface area (Å²) in [6.45, 7) is 1.75. The van der Waals surface area contributed by atoms with Gasteiger partial charge in [0.25, 0.3) is 0 Å². The van der Waals surface area contributed by atoms with Gasteiger partial charge in [-0.2, -0.15) is 0 Å². The van der Waals surface area contributed by atoms with Crippen LogP contribution in [0.15, 0.2) is 40.2 Å². The van der Waals surface area contributed by atoms with Gasteiger partial charge in [-0.3, -0.25) is 0 Å². The molecule has 0 bridgehead atoms. The predicted octanol–water partition coefficient (Wildman–Crippen LogP) is 4.45. The van der Waals surface area contributed by atoms with Crippen molar-refractivity contribution < 1.29 is 9.72 Å². The molecule has 3 aromatic rings. The Kier molecular flexibility index (Phi) is 6.74. The van der Waals surface area contributed by atoms with Gasteiger partial charge in [0.1, 0.15) is 0 Å². The van der Waals surface area contributed by atoms with Gasteiger partial charge in [0.2, 0.25) is 0 Å². The molecule has 1 amide bonds. The van der Waals surface area contributed by atoms with Crippen LogP contribution in [-0.4, -0.2) is 40.5 Å². The fourth-order valence-corrected chi connectivity index (χ4v) is 5.10. The number of thioether (sulfide) groups is 1. The summed E-state index contributed by atoms with van der Waals surface area (Å²) in [5, 5.41) is 18.8. The molecular weight excluding hydrogens is 490 g/mol. The van der Waals surface area contributed by atoms with Gasteiger partial charge in [-0.25, -0.2) is 0 Å². The summed E-state index contributed by atoms with van der Waals surface area (Å²) in [6, 6.07) is 9.83. The minimum absolute atomic E-state index is 0.0813. The third kappa shape index (κ3) is 4.92. The van der Waals surface area contributed by atoms with Crippen LogP contribution in [0.2, 0.25) is 10.0 Å². The van der Waals surface area contributed by atoms with Crippen molar-refractivity contribution in [2.75, 3.05) is 11.1 Å². The Morgan fingerprint density at radius 2 is 2.04 bits per heavy atom. The van der Waals surface area contributed by atoms with Gasteiger partial charge < -0.3 is 0 Å². The van der Waals surface area contributed by atoms with Gasteiger partial charge in [0, 0.05) is 0 Å². The molecule has 0 aliphatic heterocycles. The molecule has 144 valence electrons. The number of nitrogens with zero attached hydrogens (tertiary/aromatic N) is 3. The molecule has 3 rings (SSSR count). The molecule has 0 spiro atoms. The average Bonchev–Trinajstić information content (AvgIpc) is 3.12. The molecule has 2 aromatic carbocycles. The number of aromatic nitrogens is 2. The molecule has 0 unspecified atom stereocenters. The fourth-order valence-electron chi connectivity index (χ4n) is 2.31. The molecule has 1 N–H and O–H groups in total. The van der Waals surface area contributed by atoms with E-state index in [-0.39, 0.29) is 37.8 Å². The molecule has 7 nitrogen and oxygen atoms in total. The second-order valence-corrected chi connectivity index (χ2v) is 9.62. The Bertz CT molecular complexity index is 1060. The van der Waals surface area contributed by atoms with Crippen LogP contribution < -0.4 is 5.32 Å². The molecule has 28 heavy (non-hydrogen) atoms. The number of carbonyl (C=O) groups excluding carboxylic acids is 1. The van der Waals surface area contributed by atoms with E-state index in [0.717, 1.165) is 14.9 Å². The molecule has 0 radical (unpaired) electrons. The number of benzene rings is 2. The van der Waals surface area contributed by atoms with Crippen molar-refractivity contribution in [3.05, 3.63) is 62.1 Å². The van der Waals surface area contributed by atoms with Crippen molar-refractivity contribution in [2.45, 2.75) is 10.7 Å². The first-order chi connectivity index (χ1) is 13.3. The van der Waals surface area contributed by atoms with E-state index < -0.39 is 4.92 Å². The van der Waals surface area contributed by atoms with Crippen molar-refractivity contribution in [3.63, 3.8) is 0 Å². The minimum atomic E-state index is -0.515. The number of anilines is 1. The van der Waals surface area contributed by atoms with Crippen LogP contribution in [0.25, 0.3) is 11.3 Å². The van der Waals surface area contributed by atoms with Crippen molar-refractivity contribution in [1.82, 2.24) is 9.19 Å². The quantitative estimate of drug-likeness (QED) is 0.232. The summed E-state index contributed by atoms with van der Waals surface area (Å²) in [6.07, 6.45) is 0. The zero-order valence-corrected chi connectivity index (χ0v) is 18.4. The Balaban J connectivity index is 1.70. The number of amides is 1. The summed E-state index contributed by atoms with van der Waals surface area (Å²) >= 11 is 13.1. The third-order valence-corrected chi connectivity index (χ3v) is 7.44. The maximum atomic E-state index is 12.3. The van der Waals surface area contributed by atoms with E-state index in [1.54, 1.807) is 31.2 Å². The van der Waals surface area contributed by atoms with Gasteiger partial charge in [0.15, 0.2) is 0 Å². The zero-order chi connectivity index (χ0) is 20.3. The van der Waals surface area contributed by atoms with E-state index in [4.69, 9.17) is 23.2 Å². The Morgan fingerprint density at radius 1 is 1.25 bits per heavy atom. The molecular formula is C17H12Cl2N4O3SSe. The monoisotopic (exact) mass is 502 g/mol. The van der Waals surface area contributed by atoms with Gasteiger partial charge in [-0.1, -0.05) is 0 Å². The summed E-state index contributed by atoms with van der Waals surface area (Å²) in [7, 11) is 0. The van der Waals surface area contributed by atoms with Crippen LogP contribution in [0.5, 0.6) is 0 Å². The van der Waals surface area contributed by atoms with Crippen molar-refractivity contribution in [2.24, 2.45) is 0 Å². The third-order valence-electron chi connectivity index (χ3n) is 3.61. The van der Waals surface area contributed by atoms with Crippen LogP contribution in [0.1, 0.15) is 5.56 Å². The second kappa shape index (κ2) is 9.07. The SMILES string of the molecule is Cc1ccc(NC(=O)CSc2[se]nnc2-c2ccc(Cl)c(Cl)c2)c([N+](=O)[O-])c1. The normalized spacial score (nSPS) is 10.7. The van der Waals surface area contributed by atoms with Crippen LogP contribution in [0, 0.1) is 17.0 Å². The first-order valence-electron chi connectivity index (χ1n) is 7.80. The summed E-state index contributed by atoms with van der Waals surface area (Å²) in [4.78, 5) is 23.0. The molecule has 0 saturated heterocycles. The molecule has 0 fully saturated rings. The van der Waals surface area contributed by atoms with Gasteiger partial charge in [0.05, 0.1) is 0 Å². The number of aryl methyl sites for hydroxylation is 1. The number of halogens is 2. The van der Waals surface area contributed by atoms with E-state index in [9.17, 15) is 14.9 Å². The van der Waals surface area contributed by atoms with Crippen molar-refractivity contribution in [3.8, 4) is 11.3 Å². The van der Waals surface area contributed by atoms with Crippen LogP contribution >= 0.6 is 35.0 Å². The number of nitro benzene ring substituents is 1. The molecule has 0 aliphatic carbocycles.